The van der Waals surface area contributed by atoms with Crippen molar-refractivity contribution in [3.63, 3.8) is 0 Å². The van der Waals surface area contributed by atoms with Crippen molar-refractivity contribution in [2.75, 3.05) is 25.0 Å². The zero-order chi connectivity index (χ0) is 14.8. The molecule has 112 valence electrons. The van der Waals surface area contributed by atoms with E-state index in [0.717, 1.165) is 19.0 Å². The molecule has 0 aliphatic heterocycles. The van der Waals surface area contributed by atoms with Gasteiger partial charge in [-0.2, -0.15) is 0 Å². The summed E-state index contributed by atoms with van der Waals surface area (Å²) in [6.07, 6.45) is 2.66. The second-order valence-corrected chi connectivity index (χ2v) is 6.99. The van der Waals surface area contributed by atoms with Crippen molar-refractivity contribution in [1.29, 1.82) is 0 Å². The maximum absolute atomic E-state index is 3.73. The van der Waals surface area contributed by atoms with Gasteiger partial charge in [0.2, 0.25) is 0 Å². The van der Waals surface area contributed by atoms with E-state index in [1.165, 1.54) is 24.1 Å². The summed E-state index contributed by atoms with van der Waals surface area (Å²) in [5.41, 5.74) is 3.16. The Morgan fingerprint density at radius 2 is 2.00 bits per heavy atom. The molecule has 2 heteroatoms. The van der Waals surface area contributed by atoms with Crippen molar-refractivity contribution in [2.24, 2.45) is 11.3 Å². The monoisotopic (exact) mass is 274 g/mol. The van der Waals surface area contributed by atoms with E-state index in [9.17, 15) is 0 Å². The Morgan fingerprint density at radius 1 is 1.30 bits per heavy atom. The lowest BCUT2D eigenvalue weighted by atomic mass is 9.84. The minimum atomic E-state index is 0.424. The van der Waals surface area contributed by atoms with E-state index in [-0.39, 0.29) is 0 Å². The zero-order valence-electron chi connectivity index (χ0n) is 13.7. The zero-order valence-corrected chi connectivity index (χ0v) is 13.7. The molecule has 1 fully saturated rings. The topological polar surface area (TPSA) is 15.3 Å². The fraction of sp³-hybridized carbons (Fsp3) is 0.667. The van der Waals surface area contributed by atoms with E-state index >= 15 is 0 Å². The van der Waals surface area contributed by atoms with Crippen LogP contribution in [0.5, 0.6) is 0 Å². The van der Waals surface area contributed by atoms with Crippen LogP contribution in [-0.4, -0.2) is 26.2 Å². The Balaban J connectivity index is 2.07. The van der Waals surface area contributed by atoms with Gasteiger partial charge in [0.1, 0.15) is 0 Å². The molecular weight excluding hydrogens is 244 g/mol. The molecule has 0 radical (unpaired) electrons. The largest absolute Gasteiger partial charge is 0.374 e. The molecule has 20 heavy (non-hydrogen) atoms. The normalized spacial score (nSPS) is 24.9. The van der Waals surface area contributed by atoms with E-state index in [4.69, 9.17) is 0 Å². The van der Waals surface area contributed by atoms with Gasteiger partial charge >= 0.3 is 0 Å². The van der Waals surface area contributed by atoms with Gasteiger partial charge in [0.25, 0.3) is 0 Å². The van der Waals surface area contributed by atoms with Crippen LogP contribution in [0.15, 0.2) is 24.3 Å². The van der Waals surface area contributed by atoms with Crippen LogP contribution in [0.25, 0.3) is 0 Å². The van der Waals surface area contributed by atoms with Crippen LogP contribution in [0.3, 0.4) is 0 Å². The Hall–Kier alpha value is -1.02. The summed E-state index contributed by atoms with van der Waals surface area (Å²) in [4.78, 5) is 2.44. The third-order valence-electron chi connectivity index (χ3n) is 4.93. The summed E-state index contributed by atoms with van der Waals surface area (Å²) in [5.74, 6) is 0.745. The van der Waals surface area contributed by atoms with Crippen LogP contribution in [0.1, 0.15) is 39.2 Å². The molecule has 1 aliphatic rings. The Bertz CT molecular complexity index is 439. The number of nitrogens with one attached hydrogen (secondary N) is 1. The molecule has 2 unspecified atom stereocenters. The second kappa shape index (κ2) is 6.17. The molecule has 0 heterocycles. The predicted molar refractivity (Wildman–Crippen MR) is 88.4 cm³/mol. The molecule has 1 saturated carbocycles. The van der Waals surface area contributed by atoms with Crippen molar-refractivity contribution in [2.45, 2.75) is 46.6 Å². The van der Waals surface area contributed by atoms with Gasteiger partial charge in [-0.1, -0.05) is 39.0 Å². The molecule has 1 aromatic carbocycles. The molecule has 0 aromatic heterocycles. The van der Waals surface area contributed by atoms with Gasteiger partial charge in [0.05, 0.1) is 0 Å². The highest BCUT2D eigenvalue weighted by atomic mass is 15.1. The van der Waals surface area contributed by atoms with Crippen molar-refractivity contribution in [1.82, 2.24) is 5.32 Å². The fourth-order valence-corrected chi connectivity index (χ4v) is 3.82. The number of benzene rings is 1. The molecule has 2 nitrogen and oxygen atoms in total. The third-order valence-corrected chi connectivity index (χ3v) is 4.93. The first-order chi connectivity index (χ1) is 9.45. The van der Waals surface area contributed by atoms with Crippen molar-refractivity contribution in [3.8, 4) is 0 Å². The van der Waals surface area contributed by atoms with Gasteiger partial charge in [-0.25, -0.2) is 0 Å². The van der Waals surface area contributed by atoms with Gasteiger partial charge in [-0.3, -0.25) is 0 Å². The first kappa shape index (κ1) is 15.4. The van der Waals surface area contributed by atoms with E-state index in [1.54, 1.807) is 0 Å². The smallest absolute Gasteiger partial charge is 0.0393 e. The number of aryl methyl sites for hydroxylation is 1. The van der Waals surface area contributed by atoms with Gasteiger partial charge in [-0.05, 0) is 49.3 Å². The van der Waals surface area contributed by atoms with Crippen LogP contribution in [0, 0.1) is 18.3 Å². The minimum Gasteiger partial charge on any atom is -0.374 e. The molecule has 1 aliphatic carbocycles. The van der Waals surface area contributed by atoms with Gasteiger partial charge in [0.15, 0.2) is 0 Å². The van der Waals surface area contributed by atoms with Crippen LogP contribution < -0.4 is 10.2 Å². The van der Waals surface area contributed by atoms with Gasteiger partial charge in [0, 0.05) is 25.3 Å². The lowest BCUT2D eigenvalue weighted by Gasteiger charge is -2.34. The summed E-state index contributed by atoms with van der Waals surface area (Å²) < 4.78 is 0. The maximum atomic E-state index is 3.73. The summed E-state index contributed by atoms with van der Waals surface area (Å²) >= 11 is 0. The summed E-state index contributed by atoms with van der Waals surface area (Å²) in [7, 11) is 2.23. The number of rotatable bonds is 5. The standard InChI is InChI=1S/C18H30N2/c1-6-19-17-15(11-12-18(17,3)4)13-20(5)16-10-8-7-9-14(16)2/h7-10,15,17,19H,6,11-13H2,1-5H3. The number of hydrogen-bond donors (Lipinski definition) is 1. The van der Waals surface area contributed by atoms with Crippen molar-refractivity contribution in [3.05, 3.63) is 29.8 Å². The average Bonchev–Trinajstić information content (AvgIpc) is 2.67. The minimum absolute atomic E-state index is 0.424. The van der Waals surface area contributed by atoms with Gasteiger partial charge in [-0.15, -0.1) is 0 Å². The highest BCUT2D eigenvalue weighted by molar-refractivity contribution is 5.52. The quantitative estimate of drug-likeness (QED) is 0.877. The number of para-hydroxylation sites is 1. The maximum Gasteiger partial charge on any atom is 0.0393 e. The molecule has 1 N–H and O–H groups in total. The second-order valence-electron chi connectivity index (χ2n) is 6.99. The highest BCUT2D eigenvalue weighted by Gasteiger charge is 2.41. The molecule has 0 saturated heterocycles. The Labute approximate surface area is 124 Å². The molecule has 0 spiro atoms. The predicted octanol–water partition coefficient (Wildman–Crippen LogP) is 3.85. The van der Waals surface area contributed by atoms with E-state index in [0.29, 0.717) is 11.5 Å². The van der Waals surface area contributed by atoms with E-state index in [2.05, 4.69) is 69.2 Å². The summed E-state index contributed by atoms with van der Waals surface area (Å²) in [5, 5.41) is 3.73. The van der Waals surface area contributed by atoms with Crippen LogP contribution in [-0.2, 0) is 0 Å². The number of anilines is 1. The number of nitrogens with zero attached hydrogens (tertiary/aromatic N) is 1. The fourth-order valence-electron chi connectivity index (χ4n) is 3.82. The molecule has 2 atom stereocenters. The summed E-state index contributed by atoms with van der Waals surface area (Å²) in [6, 6.07) is 9.33. The molecule has 2 rings (SSSR count). The average molecular weight is 274 g/mol. The van der Waals surface area contributed by atoms with Crippen molar-refractivity contribution >= 4 is 5.69 Å². The third kappa shape index (κ3) is 3.17. The lowest BCUT2D eigenvalue weighted by molar-refractivity contribution is 0.253. The molecule has 0 bridgehead atoms. The molecule has 0 amide bonds. The Kier molecular flexibility index (Phi) is 4.74. The molecular formula is C18H30N2. The highest BCUT2D eigenvalue weighted by Crippen LogP contribution is 2.41. The van der Waals surface area contributed by atoms with E-state index in [1.807, 2.05) is 0 Å². The van der Waals surface area contributed by atoms with E-state index < -0.39 is 0 Å². The van der Waals surface area contributed by atoms with Crippen LogP contribution in [0.2, 0.25) is 0 Å². The SMILES string of the molecule is CCNC1C(CN(C)c2ccccc2C)CCC1(C)C. The van der Waals surface area contributed by atoms with Crippen LogP contribution in [0.4, 0.5) is 5.69 Å². The first-order valence-corrected chi connectivity index (χ1v) is 7.96. The van der Waals surface area contributed by atoms with Crippen LogP contribution >= 0.6 is 0 Å². The first-order valence-electron chi connectivity index (χ1n) is 7.96. The summed E-state index contributed by atoms with van der Waals surface area (Å²) in [6.45, 7) is 11.5. The molecule has 1 aromatic rings. The van der Waals surface area contributed by atoms with Gasteiger partial charge < -0.3 is 10.2 Å². The Morgan fingerprint density at radius 3 is 2.65 bits per heavy atom. The lowest BCUT2D eigenvalue weighted by Crippen LogP contribution is -2.45. The van der Waals surface area contributed by atoms with Crippen molar-refractivity contribution < 1.29 is 0 Å². The number of hydrogen-bond acceptors (Lipinski definition) is 2.